The van der Waals surface area contributed by atoms with Gasteiger partial charge in [0.15, 0.2) is 5.57 Å². The van der Waals surface area contributed by atoms with E-state index in [0.717, 1.165) is 12.8 Å². The first-order valence-electron chi connectivity index (χ1n) is 8.54. The van der Waals surface area contributed by atoms with E-state index >= 15 is 0 Å². The van der Waals surface area contributed by atoms with Gasteiger partial charge in [-0.3, -0.25) is 0 Å². The Labute approximate surface area is 155 Å². The molecular weight excluding hydrogens is 354 g/mol. The number of hydrogen-bond acceptors (Lipinski definition) is 6. The molecule has 0 fully saturated rings. The molecule has 7 nitrogen and oxygen atoms in total. The standard InChI is InChI=1S/C18H25N3O4S/c1-4-11-21(12-5-2)26(23,24)17-9-7-16(8-10-17)20-14-15(13-19)18(22)25-6-3/h7-10,14,20H,4-6,11-12H2,1-3H3/b15-14-. The molecule has 0 atom stereocenters. The van der Waals surface area contributed by atoms with Crippen molar-refractivity contribution in [3.63, 3.8) is 0 Å². The van der Waals surface area contributed by atoms with Crippen LogP contribution < -0.4 is 5.32 Å². The third kappa shape index (κ3) is 5.86. The Morgan fingerprint density at radius 1 is 1.19 bits per heavy atom. The molecule has 0 saturated heterocycles. The number of hydrogen-bond donors (Lipinski definition) is 1. The topological polar surface area (TPSA) is 99.5 Å². The predicted octanol–water partition coefficient (Wildman–Crippen LogP) is 2.88. The van der Waals surface area contributed by atoms with Gasteiger partial charge in [0.05, 0.1) is 11.5 Å². The largest absolute Gasteiger partial charge is 0.462 e. The van der Waals surface area contributed by atoms with Crippen LogP contribution in [0.25, 0.3) is 0 Å². The van der Waals surface area contributed by atoms with Gasteiger partial charge in [0.1, 0.15) is 6.07 Å². The highest BCUT2D eigenvalue weighted by atomic mass is 32.2. The Morgan fingerprint density at radius 2 is 1.77 bits per heavy atom. The highest BCUT2D eigenvalue weighted by molar-refractivity contribution is 7.89. The van der Waals surface area contributed by atoms with Gasteiger partial charge >= 0.3 is 5.97 Å². The summed E-state index contributed by atoms with van der Waals surface area (Å²) in [5, 5.41) is 11.8. The van der Waals surface area contributed by atoms with Crippen LogP contribution in [0.3, 0.4) is 0 Å². The van der Waals surface area contributed by atoms with Crippen molar-refractivity contribution in [2.75, 3.05) is 25.0 Å². The predicted molar refractivity (Wildman–Crippen MR) is 99.7 cm³/mol. The molecule has 1 rings (SSSR count). The van der Waals surface area contributed by atoms with E-state index in [1.165, 1.54) is 22.6 Å². The lowest BCUT2D eigenvalue weighted by molar-refractivity contribution is -0.138. The lowest BCUT2D eigenvalue weighted by Crippen LogP contribution is -2.32. The molecule has 0 spiro atoms. The summed E-state index contributed by atoms with van der Waals surface area (Å²) in [6.07, 6.45) is 2.73. The molecule has 0 aromatic heterocycles. The number of carbonyl (C=O) groups excluding carboxylic acids is 1. The number of anilines is 1. The van der Waals surface area contributed by atoms with Gasteiger partial charge in [-0.15, -0.1) is 0 Å². The maximum absolute atomic E-state index is 12.7. The van der Waals surface area contributed by atoms with Gasteiger partial charge in [-0.05, 0) is 44.0 Å². The van der Waals surface area contributed by atoms with Crippen LogP contribution in [0.5, 0.6) is 0 Å². The number of sulfonamides is 1. The van der Waals surface area contributed by atoms with Crippen LogP contribution in [0.15, 0.2) is 40.9 Å². The van der Waals surface area contributed by atoms with Crippen LogP contribution in [0, 0.1) is 11.3 Å². The van der Waals surface area contributed by atoms with E-state index in [1.54, 1.807) is 25.1 Å². The lowest BCUT2D eigenvalue weighted by atomic mass is 10.3. The zero-order chi connectivity index (χ0) is 19.6. The smallest absolute Gasteiger partial charge is 0.350 e. The quantitative estimate of drug-likeness (QED) is 0.381. The maximum atomic E-state index is 12.7. The fourth-order valence-electron chi connectivity index (χ4n) is 2.22. The van der Waals surface area contributed by atoms with Crippen LogP contribution in [0.4, 0.5) is 5.69 Å². The summed E-state index contributed by atoms with van der Waals surface area (Å²) in [5.41, 5.74) is 0.388. The van der Waals surface area contributed by atoms with Crippen molar-refractivity contribution < 1.29 is 17.9 Å². The molecule has 142 valence electrons. The van der Waals surface area contributed by atoms with Crippen molar-refractivity contribution in [2.24, 2.45) is 0 Å². The van der Waals surface area contributed by atoms with E-state index in [2.05, 4.69) is 5.32 Å². The second kappa shape index (κ2) is 10.6. The summed E-state index contributed by atoms with van der Waals surface area (Å²) in [4.78, 5) is 11.7. The van der Waals surface area contributed by atoms with Gasteiger partial charge in [0.25, 0.3) is 0 Å². The Kier molecular flexibility index (Phi) is 8.82. The summed E-state index contributed by atoms with van der Waals surface area (Å²) in [7, 11) is -3.54. The van der Waals surface area contributed by atoms with E-state index < -0.39 is 16.0 Å². The molecule has 0 heterocycles. The first kappa shape index (κ1) is 21.7. The van der Waals surface area contributed by atoms with E-state index in [9.17, 15) is 13.2 Å². The molecule has 0 aliphatic heterocycles. The number of esters is 1. The normalized spacial score (nSPS) is 11.9. The van der Waals surface area contributed by atoms with Crippen molar-refractivity contribution in [1.29, 1.82) is 5.26 Å². The van der Waals surface area contributed by atoms with E-state index in [1.807, 2.05) is 13.8 Å². The molecule has 8 heteroatoms. The fourth-order valence-corrected chi connectivity index (χ4v) is 3.85. The van der Waals surface area contributed by atoms with Crippen molar-refractivity contribution >= 4 is 21.7 Å². The van der Waals surface area contributed by atoms with Gasteiger partial charge in [0.2, 0.25) is 10.0 Å². The van der Waals surface area contributed by atoms with E-state index in [-0.39, 0.29) is 17.1 Å². The molecule has 0 radical (unpaired) electrons. The summed E-state index contributed by atoms with van der Waals surface area (Å²) < 4.78 is 31.6. The average molecular weight is 379 g/mol. The van der Waals surface area contributed by atoms with Crippen LogP contribution in [0.1, 0.15) is 33.6 Å². The number of nitriles is 1. The van der Waals surface area contributed by atoms with Gasteiger partial charge in [-0.2, -0.15) is 9.57 Å². The number of carbonyl (C=O) groups is 1. The summed E-state index contributed by atoms with van der Waals surface area (Å²) >= 11 is 0. The Bertz CT molecular complexity index is 759. The van der Waals surface area contributed by atoms with Crippen molar-refractivity contribution in [1.82, 2.24) is 4.31 Å². The average Bonchev–Trinajstić information content (AvgIpc) is 2.62. The monoisotopic (exact) mass is 379 g/mol. The van der Waals surface area contributed by atoms with Crippen molar-refractivity contribution in [3.05, 3.63) is 36.0 Å². The molecule has 0 bridgehead atoms. The molecule has 0 saturated carbocycles. The van der Waals surface area contributed by atoms with E-state index in [0.29, 0.717) is 18.8 Å². The number of nitrogens with one attached hydrogen (secondary N) is 1. The molecule has 0 aliphatic carbocycles. The molecule has 1 aromatic rings. The molecule has 26 heavy (non-hydrogen) atoms. The molecule has 0 unspecified atom stereocenters. The first-order chi connectivity index (χ1) is 12.4. The molecular formula is C18H25N3O4S. The van der Waals surface area contributed by atoms with Gasteiger partial charge < -0.3 is 10.1 Å². The molecule has 0 amide bonds. The van der Waals surface area contributed by atoms with Crippen molar-refractivity contribution in [3.8, 4) is 6.07 Å². The summed E-state index contributed by atoms with van der Waals surface area (Å²) in [5.74, 6) is -0.712. The second-order valence-corrected chi connectivity index (χ2v) is 7.40. The third-order valence-corrected chi connectivity index (χ3v) is 5.35. The van der Waals surface area contributed by atoms with Gasteiger partial charge in [-0.25, -0.2) is 13.2 Å². The third-order valence-electron chi connectivity index (χ3n) is 3.44. The van der Waals surface area contributed by atoms with Gasteiger partial charge in [0, 0.05) is 25.0 Å². The number of rotatable bonds is 10. The van der Waals surface area contributed by atoms with Gasteiger partial charge in [-0.1, -0.05) is 13.8 Å². The highest BCUT2D eigenvalue weighted by Gasteiger charge is 2.22. The molecule has 0 aliphatic rings. The minimum absolute atomic E-state index is 0.166. The maximum Gasteiger partial charge on any atom is 0.350 e. The van der Waals surface area contributed by atoms with E-state index in [4.69, 9.17) is 10.00 Å². The van der Waals surface area contributed by atoms with Crippen molar-refractivity contribution in [2.45, 2.75) is 38.5 Å². The summed E-state index contributed by atoms with van der Waals surface area (Å²) in [6, 6.07) is 7.92. The highest BCUT2D eigenvalue weighted by Crippen LogP contribution is 2.19. The van der Waals surface area contributed by atoms with Crippen LogP contribution >= 0.6 is 0 Å². The number of ether oxygens (including phenoxy) is 1. The minimum atomic E-state index is -3.54. The number of nitrogens with zero attached hydrogens (tertiary/aromatic N) is 2. The Balaban J connectivity index is 2.94. The SMILES string of the molecule is CCCN(CCC)S(=O)(=O)c1ccc(N/C=C(/C#N)C(=O)OCC)cc1. The Hall–Kier alpha value is -2.37. The lowest BCUT2D eigenvalue weighted by Gasteiger charge is -2.21. The summed E-state index contributed by atoms with van der Waals surface area (Å²) in [6.45, 7) is 6.66. The first-order valence-corrected chi connectivity index (χ1v) is 9.98. The fraction of sp³-hybridized carbons (Fsp3) is 0.444. The van der Waals surface area contributed by atoms with Crippen LogP contribution in [-0.2, 0) is 19.6 Å². The van der Waals surface area contributed by atoms with Crippen LogP contribution in [-0.4, -0.2) is 38.4 Å². The zero-order valence-electron chi connectivity index (χ0n) is 15.4. The Morgan fingerprint density at radius 3 is 2.23 bits per heavy atom. The second-order valence-electron chi connectivity index (χ2n) is 5.46. The minimum Gasteiger partial charge on any atom is -0.462 e. The molecule has 1 aromatic carbocycles. The number of benzene rings is 1. The zero-order valence-corrected chi connectivity index (χ0v) is 16.2. The molecule has 1 N–H and O–H groups in total. The van der Waals surface area contributed by atoms with Crippen LogP contribution in [0.2, 0.25) is 0 Å².